The van der Waals surface area contributed by atoms with Crippen molar-refractivity contribution in [2.45, 2.75) is 16.4 Å². The van der Waals surface area contributed by atoms with Gasteiger partial charge in [0, 0.05) is 6.07 Å². The molecule has 2 aromatic carbocycles. The second-order valence-electron chi connectivity index (χ2n) is 5.87. The lowest BCUT2D eigenvalue weighted by Crippen LogP contribution is -2.56. The Morgan fingerprint density at radius 3 is 2.34 bits per heavy atom. The van der Waals surface area contributed by atoms with E-state index in [1.165, 1.54) is 7.11 Å². The fourth-order valence-corrected chi connectivity index (χ4v) is 2.95. The van der Waals surface area contributed by atoms with Crippen molar-refractivity contribution in [3.63, 3.8) is 0 Å². The number of thiocarbonyl (C=S) groups is 1. The molecule has 2 aromatic rings. The average Bonchev–Trinajstić information content (AvgIpc) is 2.67. The van der Waals surface area contributed by atoms with E-state index in [1.807, 2.05) is 30.3 Å². The fourth-order valence-electron chi connectivity index (χ4n) is 2.39. The molecule has 1 amide bonds. The zero-order chi connectivity index (χ0) is 21.4. The summed E-state index contributed by atoms with van der Waals surface area (Å²) >= 11 is 23.4. The van der Waals surface area contributed by atoms with E-state index in [1.54, 1.807) is 25.3 Å². The number of alkyl halides is 3. The number of rotatable bonds is 7. The molecule has 0 aliphatic heterocycles. The van der Waals surface area contributed by atoms with E-state index in [9.17, 15) is 4.79 Å². The molecule has 0 bridgehead atoms. The van der Waals surface area contributed by atoms with Crippen LogP contribution in [0.1, 0.15) is 5.56 Å². The molecule has 10 heteroatoms. The number of anilines is 1. The molecule has 29 heavy (non-hydrogen) atoms. The van der Waals surface area contributed by atoms with Crippen LogP contribution in [0, 0.1) is 0 Å². The molecule has 0 aliphatic carbocycles. The molecular formula is C19H20Cl3N3O3S. The Morgan fingerprint density at radius 2 is 1.76 bits per heavy atom. The average molecular weight is 477 g/mol. The van der Waals surface area contributed by atoms with Gasteiger partial charge in [0.15, 0.2) is 5.11 Å². The number of carbonyl (C=O) groups excluding carboxylic acids is 1. The number of methoxy groups -OCH3 is 2. The third-order valence-corrected chi connectivity index (χ3v) is 4.65. The maximum Gasteiger partial charge on any atom is 0.228 e. The van der Waals surface area contributed by atoms with Crippen LogP contribution in [0.5, 0.6) is 11.5 Å². The van der Waals surface area contributed by atoms with Crippen molar-refractivity contribution in [1.82, 2.24) is 10.6 Å². The highest BCUT2D eigenvalue weighted by atomic mass is 35.6. The highest BCUT2D eigenvalue weighted by Crippen LogP contribution is 2.31. The van der Waals surface area contributed by atoms with Gasteiger partial charge in [-0.2, -0.15) is 0 Å². The summed E-state index contributed by atoms with van der Waals surface area (Å²) in [6, 6.07) is 14.4. The van der Waals surface area contributed by atoms with Crippen molar-refractivity contribution in [2.75, 3.05) is 19.5 Å². The van der Waals surface area contributed by atoms with Gasteiger partial charge >= 0.3 is 0 Å². The first-order valence-corrected chi connectivity index (χ1v) is 9.96. The number of benzene rings is 2. The zero-order valence-corrected chi connectivity index (χ0v) is 18.8. The number of nitrogens with one attached hydrogen (secondary N) is 3. The van der Waals surface area contributed by atoms with Gasteiger partial charge in [0.1, 0.15) is 17.7 Å². The van der Waals surface area contributed by atoms with Gasteiger partial charge in [0.25, 0.3) is 0 Å². The molecule has 0 aromatic heterocycles. The Morgan fingerprint density at radius 1 is 1.07 bits per heavy atom. The Bertz CT molecular complexity index is 848. The molecule has 6 nitrogen and oxygen atoms in total. The van der Waals surface area contributed by atoms with Crippen LogP contribution < -0.4 is 25.4 Å². The van der Waals surface area contributed by atoms with Crippen molar-refractivity contribution >= 4 is 63.7 Å². The van der Waals surface area contributed by atoms with Crippen molar-refractivity contribution in [3.8, 4) is 11.5 Å². The minimum atomic E-state index is -1.85. The summed E-state index contributed by atoms with van der Waals surface area (Å²) in [5, 5.41) is 8.52. The Labute approximate surface area is 189 Å². The first-order valence-electron chi connectivity index (χ1n) is 8.42. The molecule has 2 rings (SSSR count). The van der Waals surface area contributed by atoms with Gasteiger partial charge in [-0.15, -0.1) is 0 Å². The SMILES string of the molecule is COc1ccc(OC)c(NC(=S)N[C@@H](NC(=O)Cc2ccccc2)C(Cl)(Cl)Cl)c1. The van der Waals surface area contributed by atoms with Crippen molar-refractivity contribution in [1.29, 1.82) is 0 Å². The summed E-state index contributed by atoms with van der Waals surface area (Å²) in [4.78, 5) is 12.4. The number of carbonyl (C=O) groups is 1. The zero-order valence-electron chi connectivity index (χ0n) is 15.7. The second kappa shape index (κ2) is 10.7. The molecule has 0 saturated carbocycles. The molecule has 3 N–H and O–H groups in total. The number of hydrogen-bond donors (Lipinski definition) is 3. The first-order chi connectivity index (χ1) is 13.7. The Balaban J connectivity index is 2.06. The predicted octanol–water partition coefficient (Wildman–Crippen LogP) is 4.05. The second-order valence-corrected chi connectivity index (χ2v) is 8.65. The standard InChI is InChI=1S/C19H20Cl3N3O3S/c1-27-13-8-9-15(28-2)14(11-13)23-18(29)25-17(19(20,21)22)24-16(26)10-12-6-4-3-5-7-12/h3-9,11,17H,10H2,1-2H3,(H,24,26)(H2,23,25,29)/t17-/m1/s1. The molecule has 0 heterocycles. The third-order valence-electron chi connectivity index (χ3n) is 3.77. The maximum absolute atomic E-state index is 12.4. The van der Waals surface area contributed by atoms with Crippen LogP contribution in [0.15, 0.2) is 48.5 Å². The maximum atomic E-state index is 12.4. The quantitative estimate of drug-likeness (QED) is 0.318. The molecule has 0 aliphatic rings. The highest BCUT2D eigenvalue weighted by Gasteiger charge is 2.34. The molecule has 1 atom stereocenters. The Hall–Kier alpha value is -1.93. The van der Waals surface area contributed by atoms with Gasteiger partial charge < -0.3 is 25.4 Å². The molecule has 0 saturated heterocycles. The van der Waals surface area contributed by atoms with Crippen LogP contribution in [-0.4, -0.2) is 35.2 Å². The lowest BCUT2D eigenvalue weighted by molar-refractivity contribution is -0.121. The number of amides is 1. The van der Waals surface area contributed by atoms with E-state index in [2.05, 4.69) is 16.0 Å². The minimum absolute atomic E-state index is 0.118. The summed E-state index contributed by atoms with van der Waals surface area (Å²) in [7, 11) is 3.07. The van der Waals surface area contributed by atoms with Crippen LogP contribution in [-0.2, 0) is 11.2 Å². The lowest BCUT2D eigenvalue weighted by Gasteiger charge is -2.28. The van der Waals surface area contributed by atoms with E-state index in [0.29, 0.717) is 17.2 Å². The Kier molecular flexibility index (Phi) is 8.64. The monoisotopic (exact) mass is 475 g/mol. The fraction of sp³-hybridized carbons (Fsp3) is 0.263. The number of halogens is 3. The molecule has 0 fully saturated rings. The minimum Gasteiger partial charge on any atom is -0.497 e. The number of hydrogen-bond acceptors (Lipinski definition) is 4. The summed E-state index contributed by atoms with van der Waals surface area (Å²) < 4.78 is 8.65. The lowest BCUT2D eigenvalue weighted by atomic mass is 10.1. The van der Waals surface area contributed by atoms with Gasteiger partial charge in [0.2, 0.25) is 9.70 Å². The summed E-state index contributed by atoms with van der Waals surface area (Å²) in [5.41, 5.74) is 1.37. The van der Waals surface area contributed by atoms with Crippen LogP contribution in [0.3, 0.4) is 0 Å². The summed E-state index contributed by atoms with van der Waals surface area (Å²) in [5.74, 6) is 0.806. The van der Waals surface area contributed by atoms with Gasteiger partial charge in [-0.1, -0.05) is 65.1 Å². The van der Waals surface area contributed by atoms with Gasteiger partial charge in [-0.25, -0.2) is 0 Å². The van der Waals surface area contributed by atoms with Crippen molar-refractivity contribution in [2.24, 2.45) is 0 Å². The van der Waals surface area contributed by atoms with Crippen molar-refractivity contribution < 1.29 is 14.3 Å². The van der Waals surface area contributed by atoms with Crippen LogP contribution in [0.2, 0.25) is 0 Å². The van der Waals surface area contributed by atoms with Crippen LogP contribution in [0.25, 0.3) is 0 Å². The van der Waals surface area contributed by atoms with E-state index in [0.717, 1.165) is 5.56 Å². The predicted molar refractivity (Wildman–Crippen MR) is 121 cm³/mol. The summed E-state index contributed by atoms with van der Waals surface area (Å²) in [6.45, 7) is 0. The van der Waals surface area contributed by atoms with Gasteiger partial charge in [0.05, 0.1) is 26.3 Å². The first kappa shape index (κ1) is 23.3. The molecule has 0 unspecified atom stereocenters. The van der Waals surface area contributed by atoms with Crippen molar-refractivity contribution in [3.05, 3.63) is 54.1 Å². The molecular weight excluding hydrogens is 457 g/mol. The van der Waals surface area contributed by atoms with Gasteiger partial charge in [-0.3, -0.25) is 4.79 Å². The van der Waals surface area contributed by atoms with E-state index in [4.69, 9.17) is 56.5 Å². The summed E-state index contributed by atoms with van der Waals surface area (Å²) in [6.07, 6.45) is -0.941. The van der Waals surface area contributed by atoms with E-state index in [-0.39, 0.29) is 17.4 Å². The third kappa shape index (κ3) is 7.44. The molecule has 156 valence electrons. The van der Waals surface area contributed by atoms with E-state index >= 15 is 0 Å². The smallest absolute Gasteiger partial charge is 0.228 e. The van der Waals surface area contributed by atoms with Crippen LogP contribution in [0.4, 0.5) is 5.69 Å². The molecule has 0 radical (unpaired) electrons. The normalized spacial score (nSPS) is 11.9. The highest BCUT2D eigenvalue weighted by molar-refractivity contribution is 7.80. The molecule has 0 spiro atoms. The van der Waals surface area contributed by atoms with E-state index < -0.39 is 9.96 Å². The number of ether oxygens (including phenoxy) is 2. The van der Waals surface area contributed by atoms with Gasteiger partial charge in [-0.05, 0) is 29.9 Å². The van der Waals surface area contributed by atoms with Crippen LogP contribution >= 0.6 is 47.0 Å². The topological polar surface area (TPSA) is 71.6 Å². The largest absolute Gasteiger partial charge is 0.497 e.